The van der Waals surface area contributed by atoms with Gasteiger partial charge in [-0.3, -0.25) is 9.52 Å². The van der Waals surface area contributed by atoms with Crippen molar-refractivity contribution in [1.82, 2.24) is 9.97 Å². The molecule has 31 heavy (non-hydrogen) atoms. The Morgan fingerprint density at radius 2 is 1.68 bits per heavy atom. The van der Waals surface area contributed by atoms with E-state index in [2.05, 4.69) is 20.0 Å². The lowest BCUT2D eigenvalue weighted by Gasteiger charge is -2.09. The minimum Gasteiger partial charge on any atom is -0.497 e. The van der Waals surface area contributed by atoms with Crippen molar-refractivity contribution in [1.29, 1.82) is 0 Å². The Morgan fingerprint density at radius 3 is 2.32 bits per heavy atom. The quantitative estimate of drug-likeness (QED) is 0.517. The highest BCUT2D eigenvalue weighted by atomic mass is 32.2. The number of methoxy groups -OCH3 is 2. The standard InChI is InChI=1S/C21H20N4O5S/c1-29-17-8-3-15(4-9-17)5-12-20(26)24-16-6-10-18(11-7-16)31(27,28)25-19-13-21(30-2)23-14-22-19/h3-14H,1-2H3,(H,24,26)(H,22,23,25)/b12-5+. The number of hydrogen-bond donors (Lipinski definition) is 2. The number of ether oxygens (including phenoxy) is 2. The first-order valence-corrected chi connectivity index (χ1v) is 10.5. The van der Waals surface area contributed by atoms with Gasteiger partial charge in [-0.05, 0) is 48.0 Å². The molecule has 3 aromatic rings. The molecule has 1 heterocycles. The van der Waals surface area contributed by atoms with Gasteiger partial charge < -0.3 is 14.8 Å². The molecule has 1 aromatic heterocycles. The number of carbonyl (C=O) groups excluding carboxylic acids is 1. The zero-order valence-corrected chi connectivity index (χ0v) is 17.6. The van der Waals surface area contributed by atoms with Gasteiger partial charge in [0.05, 0.1) is 19.1 Å². The first kappa shape index (κ1) is 21.8. The number of sulfonamides is 1. The smallest absolute Gasteiger partial charge is 0.263 e. The van der Waals surface area contributed by atoms with Crippen LogP contribution in [-0.4, -0.2) is 38.5 Å². The van der Waals surface area contributed by atoms with Gasteiger partial charge in [0.2, 0.25) is 11.8 Å². The third kappa shape index (κ3) is 6.03. The number of benzene rings is 2. The molecule has 0 aliphatic rings. The molecule has 1 amide bonds. The molecule has 160 valence electrons. The molecule has 0 aliphatic heterocycles. The van der Waals surface area contributed by atoms with E-state index >= 15 is 0 Å². The van der Waals surface area contributed by atoms with Gasteiger partial charge in [-0.1, -0.05) is 12.1 Å². The third-order valence-corrected chi connectivity index (χ3v) is 5.44. The fourth-order valence-electron chi connectivity index (χ4n) is 2.49. The van der Waals surface area contributed by atoms with Gasteiger partial charge in [-0.25, -0.2) is 18.4 Å². The van der Waals surface area contributed by atoms with Crippen molar-refractivity contribution >= 4 is 33.5 Å². The van der Waals surface area contributed by atoms with Crippen LogP contribution in [0.2, 0.25) is 0 Å². The first-order chi connectivity index (χ1) is 14.9. The van der Waals surface area contributed by atoms with E-state index in [-0.39, 0.29) is 22.5 Å². The highest BCUT2D eigenvalue weighted by molar-refractivity contribution is 7.92. The van der Waals surface area contributed by atoms with Crippen molar-refractivity contribution in [2.75, 3.05) is 24.3 Å². The maximum Gasteiger partial charge on any atom is 0.263 e. The van der Waals surface area contributed by atoms with Gasteiger partial charge >= 0.3 is 0 Å². The van der Waals surface area contributed by atoms with E-state index in [4.69, 9.17) is 9.47 Å². The molecule has 0 saturated carbocycles. The second kappa shape index (κ2) is 9.72. The van der Waals surface area contributed by atoms with Crippen molar-refractivity contribution in [3.63, 3.8) is 0 Å². The lowest BCUT2D eigenvalue weighted by Crippen LogP contribution is -2.14. The molecular formula is C21H20N4O5S. The number of carbonyl (C=O) groups is 1. The van der Waals surface area contributed by atoms with Crippen LogP contribution in [0.4, 0.5) is 11.5 Å². The Labute approximate surface area is 179 Å². The van der Waals surface area contributed by atoms with E-state index in [0.717, 1.165) is 11.3 Å². The van der Waals surface area contributed by atoms with Gasteiger partial charge in [-0.15, -0.1) is 0 Å². The molecular weight excluding hydrogens is 420 g/mol. The summed E-state index contributed by atoms with van der Waals surface area (Å²) in [6.45, 7) is 0. The molecule has 0 unspecified atom stereocenters. The van der Waals surface area contributed by atoms with E-state index in [1.807, 2.05) is 12.1 Å². The summed E-state index contributed by atoms with van der Waals surface area (Å²) in [5, 5.41) is 2.68. The molecule has 2 N–H and O–H groups in total. The van der Waals surface area contributed by atoms with Gasteiger partial charge in [0.25, 0.3) is 10.0 Å². The predicted molar refractivity (Wildman–Crippen MR) is 116 cm³/mol. The van der Waals surface area contributed by atoms with Crippen LogP contribution in [0.25, 0.3) is 6.08 Å². The SMILES string of the molecule is COc1ccc(/C=C/C(=O)Nc2ccc(S(=O)(=O)Nc3cc(OC)ncn3)cc2)cc1. The van der Waals surface area contributed by atoms with Crippen LogP contribution in [0.5, 0.6) is 11.6 Å². The molecule has 0 bridgehead atoms. The van der Waals surface area contributed by atoms with Crippen LogP contribution in [0.3, 0.4) is 0 Å². The highest BCUT2D eigenvalue weighted by Gasteiger charge is 2.15. The average Bonchev–Trinajstić information content (AvgIpc) is 2.78. The summed E-state index contributed by atoms with van der Waals surface area (Å²) >= 11 is 0. The lowest BCUT2D eigenvalue weighted by molar-refractivity contribution is -0.111. The predicted octanol–water partition coefficient (Wildman–Crippen LogP) is 2.95. The fraction of sp³-hybridized carbons (Fsp3) is 0.0952. The summed E-state index contributed by atoms with van der Waals surface area (Å²) in [4.78, 5) is 19.8. The number of aromatic nitrogens is 2. The Hall–Kier alpha value is -3.92. The van der Waals surface area contributed by atoms with Crippen molar-refractivity contribution in [3.05, 3.63) is 72.6 Å². The largest absolute Gasteiger partial charge is 0.497 e. The Morgan fingerprint density at radius 1 is 0.968 bits per heavy atom. The Balaban J connectivity index is 1.63. The van der Waals surface area contributed by atoms with Gasteiger partial charge in [-0.2, -0.15) is 0 Å². The van der Waals surface area contributed by atoms with Crippen molar-refractivity contribution in [2.24, 2.45) is 0 Å². The van der Waals surface area contributed by atoms with Crippen molar-refractivity contribution < 1.29 is 22.7 Å². The second-order valence-corrected chi connectivity index (χ2v) is 7.85. The number of nitrogens with zero attached hydrogens (tertiary/aromatic N) is 2. The first-order valence-electron chi connectivity index (χ1n) is 9.01. The minimum absolute atomic E-state index is 0.0110. The second-order valence-electron chi connectivity index (χ2n) is 6.17. The molecule has 3 rings (SSSR count). The average molecular weight is 440 g/mol. The number of hydrogen-bond acceptors (Lipinski definition) is 7. The van der Waals surface area contributed by atoms with E-state index < -0.39 is 10.0 Å². The van der Waals surface area contributed by atoms with E-state index in [9.17, 15) is 13.2 Å². The third-order valence-electron chi connectivity index (χ3n) is 4.07. The Kier molecular flexibility index (Phi) is 6.83. The molecule has 2 aromatic carbocycles. The summed E-state index contributed by atoms with van der Waals surface area (Å²) in [5.74, 6) is 0.684. The zero-order valence-electron chi connectivity index (χ0n) is 16.8. The molecule has 0 saturated heterocycles. The monoisotopic (exact) mass is 440 g/mol. The van der Waals surface area contributed by atoms with E-state index in [1.54, 1.807) is 25.3 Å². The fourth-order valence-corrected chi connectivity index (χ4v) is 3.49. The molecule has 0 atom stereocenters. The maximum absolute atomic E-state index is 12.5. The van der Waals surface area contributed by atoms with Crippen LogP contribution in [0, 0.1) is 0 Å². The molecule has 0 aliphatic carbocycles. The normalized spacial score (nSPS) is 11.2. The van der Waals surface area contributed by atoms with Crippen LogP contribution in [-0.2, 0) is 14.8 Å². The number of rotatable bonds is 8. The van der Waals surface area contributed by atoms with Crippen LogP contribution < -0.4 is 19.5 Å². The summed E-state index contributed by atoms with van der Waals surface area (Å²) < 4.78 is 37.4. The van der Waals surface area contributed by atoms with Gasteiger partial charge in [0.1, 0.15) is 17.9 Å². The van der Waals surface area contributed by atoms with Gasteiger partial charge in [0.15, 0.2) is 0 Å². The van der Waals surface area contributed by atoms with E-state index in [1.165, 1.54) is 49.8 Å². The summed E-state index contributed by atoms with van der Waals surface area (Å²) in [6, 6.07) is 14.3. The van der Waals surface area contributed by atoms with Crippen LogP contribution in [0.1, 0.15) is 5.56 Å². The number of amides is 1. The summed E-state index contributed by atoms with van der Waals surface area (Å²) in [7, 11) is -0.870. The van der Waals surface area contributed by atoms with Crippen molar-refractivity contribution in [3.8, 4) is 11.6 Å². The Bertz CT molecular complexity index is 1180. The highest BCUT2D eigenvalue weighted by Crippen LogP contribution is 2.19. The van der Waals surface area contributed by atoms with Crippen LogP contribution in [0.15, 0.2) is 71.9 Å². The molecule has 0 spiro atoms. The molecule has 10 heteroatoms. The molecule has 0 fully saturated rings. The van der Waals surface area contributed by atoms with Gasteiger partial charge in [0, 0.05) is 17.8 Å². The number of anilines is 2. The lowest BCUT2D eigenvalue weighted by atomic mass is 10.2. The summed E-state index contributed by atoms with van der Waals surface area (Å²) in [5.41, 5.74) is 1.29. The number of nitrogens with one attached hydrogen (secondary N) is 2. The summed E-state index contributed by atoms with van der Waals surface area (Å²) in [6.07, 6.45) is 4.23. The van der Waals surface area contributed by atoms with Crippen LogP contribution >= 0.6 is 0 Å². The topological polar surface area (TPSA) is 120 Å². The zero-order chi connectivity index (χ0) is 22.3. The molecule has 9 nitrogen and oxygen atoms in total. The minimum atomic E-state index is -3.87. The molecule has 0 radical (unpaired) electrons. The maximum atomic E-state index is 12.5. The van der Waals surface area contributed by atoms with Crippen molar-refractivity contribution in [2.45, 2.75) is 4.90 Å². The van der Waals surface area contributed by atoms with E-state index in [0.29, 0.717) is 5.69 Å².